The lowest BCUT2D eigenvalue weighted by molar-refractivity contribution is 0.272. The van der Waals surface area contributed by atoms with Crippen molar-refractivity contribution in [2.45, 2.75) is 32.2 Å². The molecule has 0 spiro atoms. The molecule has 0 bridgehead atoms. The van der Waals surface area contributed by atoms with Gasteiger partial charge in [0.05, 0.1) is 0 Å². The maximum atomic E-state index is 3.57. The molecule has 0 radical (unpaired) electrons. The fourth-order valence-corrected chi connectivity index (χ4v) is 2.33. The smallest absolute Gasteiger partial charge is 0.0106 e. The van der Waals surface area contributed by atoms with E-state index in [1.54, 1.807) is 11.1 Å². The summed E-state index contributed by atoms with van der Waals surface area (Å²) in [5.41, 5.74) is 3.09. The van der Waals surface area contributed by atoms with Crippen LogP contribution in [0.15, 0.2) is 24.3 Å². The van der Waals surface area contributed by atoms with Gasteiger partial charge in [0.15, 0.2) is 0 Å². The highest BCUT2D eigenvalue weighted by atomic mass is 15.1. The number of nitrogens with one attached hydrogen (secondary N) is 1. The lowest BCUT2D eigenvalue weighted by atomic mass is 9.78. The van der Waals surface area contributed by atoms with Gasteiger partial charge in [-0.15, -0.1) is 0 Å². The van der Waals surface area contributed by atoms with Crippen LogP contribution in [0.25, 0.3) is 0 Å². The maximum Gasteiger partial charge on any atom is 0.0106 e. The Morgan fingerprint density at radius 1 is 1.35 bits per heavy atom. The predicted octanol–water partition coefficient (Wildman–Crippen LogP) is 2.26. The van der Waals surface area contributed by atoms with E-state index in [0.717, 1.165) is 25.6 Å². The van der Waals surface area contributed by atoms with Crippen molar-refractivity contribution in [2.24, 2.45) is 0 Å². The molecule has 2 nitrogen and oxygen atoms in total. The monoisotopic (exact) mass is 232 g/mol. The van der Waals surface area contributed by atoms with E-state index in [1.807, 2.05) is 0 Å². The number of hydrogen-bond donors (Lipinski definition) is 1. The molecular weight excluding hydrogens is 208 g/mol. The van der Waals surface area contributed by atoms with Crippen molar-refractivity contribution in [1.82, 2.24) is 10.2 Å². The maximum absolute atomic E-state index is 3.57. The van der Waals surface area contributed by atoms with Gasteiger partial charge in [-0.1, -0.05) is 24.3 Å². The Morgan fingerprint density at radius 3 is 2.82 bits per heavy atom. The molecule has 1 unspecified atom stereocenters. The van der Waals surface area contributed by atoms with Gasteiger partial charge in [-0.25, -0.2) is 0 Å². The lowest BCUT2D eigenvalue weighted by Gasteiger charge is -2.30. The van der Waals surface area contributed by atoms with Gasteiger partial charge in [0.25, 0.3) is 0 Å². The molecule has 0 aromatic heterocycles. The van der Waals surface area contributed by atoms with Gasteiger partial charge in [0, 0.05) is 31.6 Å². The summed E-state index contributed by atoms with van der Waals surface area (Å²) in [6, 6.07) is 9.45. The molecule has 1 aromatic rings. The Balaban J connectivity index is 1.65. The van der Waals surface area contributed by atoms with E-state index in [1.165, 1.54) is 6.42 Å². The summed E-state index contributed by atoms with van der Waals surface area (Å²) < 4.78 is 0. The number of rotatable bonds is 6. The van der Waals surface area contributed by atoms with Crippen molar-refractivity contribution in [3.8, 4) is 0 Å². The van der Waals surface area contributed by atoms with Crippen molar-refractivity contribution >= 4 is 0 Å². The third-order valence-electron chi connectivity index (χ3n) is 3.87. The molecule has 2 heteroatoms. The summed E-state index contributed by atoms with van der Waals surface area (Å²) in [4.78, 5) is 2.38. The SMILES string of the molecule is CC(C)N(C)CCNCC1Cc2ccccc21. The van der Waals surface area contributed by atoms with E-state index in [9.17, 15) is 0 Å². The Hall–Kier alpha value is -0.860. The van der Waals surface area contributed by atoms with Crippen LogP contribution in [0.5, 0.6) is 0 Å². The first kappa shape index (κ1) is 12.6. The minimum absolute atomic E-state index is 0.640. The molecule has 1 aliphatic carbocycles. The van der Waals surface area contributed by atoms with Crippen molar-refractivity contribution in [2.75, 3.05) is 26.7 Å². The average molecular weight is 232 g/mol. The van der Waals surface area contributed by atoms with E-state index < -0.39 is 0 Å². The number of hydrogen-bond acceptors (Lipinski definition) is 2. The second-order valence-corrected chi connectivity index (χ2v) is 5.38. The minimum Gasteiger partial charge on any atom is -0.315 e. The van der Waals surface area contributed by atoms with Crippen molar-refractivity contribution in [3.63, 3.8) is 0 Å². The first-order chi connectivity index (χ1) is 8.18. The minimum atomic E-state index is 0.640. The summed E-state index contributed by atoms with van der Waals surface area (Å²) in [6.45, 7) is 7.83. The molecule has 94 valence electrons. The zero-order chi connectivity index (χ0) is 12.3. The third kappa shape index (κ3) is 3.08. The lowest BCUT2D eigenvalue weighted by Crippen LogP contribution is -2.36. The highest BCUT2D eigenvalue weighted by Gasteiger charge is 2.24. The van der Waals surface area contributed by atoms with Crippen LogP contribution in [0.3, 0.4) is 0 Å². The van der Waals surface area contributed by atoms with Crippen molar-refractivity contribution < 1.29 is 0 Å². The van der Waals surface area contributed by atoms with Crippen LogP contribution in [0.4, 0.5) is 0 Å². The summed E-state index contributed by atoms with van der Waals surface area (Å²) in [5, 5.41) is 3.57. The van der Waals surface area contributed by atoms with E-state index >= 15 is 0 Å². The van der Waals surface area contributed by atoms with Gasteiger partial charge < -0.3 is 10.2 Å². The van der Waals surface area contributed by atoms with Crippen LogP contribution in [0, 0.1) is 0 Å². The van der Waals surface area contributed by atoms with Crippen LogP contribution < -0.4 is 5.32 Å². The molecule has 0 saturated heterocycles. The molecule has 1 aliphatic rings. The molecular formula is C15H24N2. The largest absolute Gasteiger partial charge is 0.315 e. The number of likely N-dealkylation sites (N-methyl/N-ethyl adjacent to an activating group) is 1. The Morgan fingerprint density at radius 2 is 2.12 bits per heavy atom. The van der Waals surface area contributed by atoms with Gasteiger partial charge in [-0.05, 0) is 38.4 Å². The summed E-state index contributed by atoms with van der Waals surface area (Å²) in [5.74, 6) is 0.746. The summed E-state index contributed by atoms with van der Waals surface area (Å²) in [6.07, 6.45) is 1.25. The number of benzene rings is 1. The third-order valence-corrected chi connectivity index (χ3v) is 3.87. The van der Waals surface area contributed by atoms with Crippen molar-refractivity contribution in [3.05, 3.63) is 35.4 Å². The van der Waals surface area contributed by atoms with Crippen LogP contribution >= 0.6 is 0 Å². The Labute approximate surface area is 105 Å². The van der Waals surface area contributed by atoms with Crippen LogP contribution in [0.2, 0.25) is 0 Å². The van der Waals surface area contributed by atoms with Gasteiger partial charge in [0.2, 0.25) is 0 Å². The zero-order valence-corrected chi connectivity index (χ0v) is 11.2. The molecule has 0 heterocycles. The number of fused-ring (bicyclic) bond motifs is 1. The molecule has 0 saturated carbocycles. The van der Waals surface area contributed by atoms with Gasteiger partial charge in [-0.3, -0.25) is 0 Å². The first-order valence-corrected chi connectivity index (χ1v) is 6.67. The quantitative estimate of drug-likeness (QED) is 0.757. The second-order valence-electron chi connectivity index (χ2n) is 5.38. The van der Waals surface area contributed by atoms with Crippen molar-refractivity contribution in [1.29, 1.82) is 0 Å². The van der Waals surface area contributed by atoms with Crippen LogP contribution in [-0.4, -0.2) is 37.6 Å². The summed E-state index contributed by atoms with van der Waals surface area (Å²) >= 11 is 0. The van der Waals surface area contributed by atoms with E-state index in [-0.39, 0.29) is 0 Å². The van der Waals surface area contributed by atoms with Gasteiger partial charge in [0.1, 0.15) is 0 Å². The second kappa shape index (κ2) is 5.65. The molecule has 17 heavy (non-hydrogen) atoms. The first-order valence-electron chi connectivity index (χ1n) is 6.67. The van der Waals surface area contributed by atoms with E-state index in [4.69, 9.17) is 0 Å². The van der Waals surface area contributed by atoms with Gasteiger partial charge in [-0.2, -0.15) is 0 Å². The molecule has 1 aromatic carbocycles. The number of nitrogens with zero attached hydrogens (tertiary/aromatic N) is 1. The Kier molecular flexibility index (Phi) is 4.19. The molecule has 0 fully saturated rings. The standard InChI is InChI=1S/C15H24N2/c1-12(2)17(3)9-8-16-11-14-10-13-6-4-5-7-15(13)14/h4-7,12,14,16H,8-11H2,1-3H3. The van der Waals surface area contributed by atoms with E-state index in [0.29, 0.717) is 6.04 Å². The van der Waals surface area contributed by atoms with Crippen LogP contribution in [-0.2, 0) is 6.42 Å². The Bertz CT molecular complexity index is 360. The highest BCUT2D eigenvalue weighted by Crippen LogP contribution is 2.33. The molecule has 2 rings (SSSR count). The summed E-state index contributed by atoms with van der Waals surface area (Å²) in [7, 11) is 2.19. The topological polar surface area (TPSA) is 15.3 Å². The highest BCUT2D eigenvalue weighted by molar-refractivity contribution is 5.40. The molecule has 0 aliphatic heterocycles. The van der Waals surface area contributed by atoms with Crippen LogP contribution in [0.1, 0.15) is 30.9 Å². The predicted molar refractivity (Wildman–Crippen MR) is 73.5 cm³/mol. The molecule has 1 N–H and O–H groups in total. The molecule has 0 amide bonds. The zero-order valence-electron chi connectivity index (χ0n) is 11.2. The average Bonchev–Trinajstić information content (AvgIpc) is 2.29. The fraction of sp³-hybridized carbons (Fsp3) is 0.600. The molecule has 1 atom stereocenters. The van der Waals surface area contributed by atoms with E-state index in [2.05, 4.69) is 55.4 Å². The van der Waals surface area contributed by atoms with Gasteiger partial charge >= 0.3 is 0 Å². The normalized spacial score (nSPS) is 18.3. The fourth-order valence-electron chi connectivity index (χ4n) is 2.33.